The van der Waals surface area contributed by atoms with Crippen LogP contribution < -0.4 is 0 Å². The summed E-state index contributed by atoms with van der Waals surface area (Å²) in [6.07, 6.45) is 3.11. The van der Waals surface area contributed by atoms with Crippen molar-refractivity contribution < 1.29 is 20.4 Å². The number of aromatic hydroxyl groups is 3. The Morgan fingerprint density at radius 3 is 1.00 bits per heavy atom. The molecule has 0 saturated heterocycles. The number of hydrogen-bond acceptors (Lipinski definition) is 4. The number of aliphatic hydroxyl groups is 1. The molecule has 0 spiro atoms. The molecule has 2 aliphatic rings. The highest BCUT2D eigenvalue weighted by Crippen LogP contribution is 2.48. The van der Waals surface area contributed by atoms with Gasteiger partial charge in [-0.2, -0.15) is 0 Å². The van der Waals surface area contributed by atoms with Gasteiger partial charge in [0.15, 0.2) is 0 Å². The van der Waals surface area contributed by atoms with E-state index in [0.29, 0.717) is 31.6 Å². The van der Waals surface area contributed by atoms with E-state index < -0.39 is 6.10 Å². The Morgan fingerprint density at radius 1 is 0.458 bits per heavy atom. The molecule has 3 aromatic carbocycles. The zero-order valence-corrected chi connectivity index (χ0v) is 31.8. The molecule has 4 nitrogen and oxygen atoms in total. The SMILES string of the molecule is CC(C)(C)c1cc2c(O)c(c1)Cc1cc(C(C)(C)C)cc(c1O)CC1CC(C(C)(C)C)CC(Cc3cc(C(C)(C)C)cc(c3O)C2)C1O. The van der Waals surface area contributed by atoms with Crippen molar-refractivity contribution in [3.63, 3.8) is 0 Å². The van der Waals surface area contributed by atoms with Crippen LogP contribution in [0.15, 0.2) is 36.4 Å². The number of fused-ring (bicyclic) bond motifs is 8. The molecule has 8 bridgehead atoms. The third-order valence-electron chi connectivity index (χ3n) is 11.5. The third kappa shape index (κ3) is 7.44. The summed E-state index contributed by atoms with van der Waals surface area (Å²) < 4.78 is 0. The lowest BCUT2D eigenvalue weighted by Crippen LogP contribution is -2.42. The average molecular weight is 655 g/mol. The molecule has 1 saturated carbocycles. The lowest BCUT2D eigenvalue weighted by atomic mass is 9.62. The first-order chi connectivity index (χ1) is 21.9. The zero-order chi connectivity index (χ0) is 35.7. The molecule has 5 rings (SSSR count). The Hall–Kier alpha value is -2.98. The van der Waals surface area contributed by atoms with E-state index in [1.807, 2.05) is 0 Å². The van der Waals surface area contributed by atoms with Crippen molar-refractivity contribution in [1.82, 2.24) is 0 Å². The van der Waals surface area contributed by atoms with Crippen LogP contribution in [0.5, 0.6) is 17.2 Å². The monoisotopic (exact) mass is 654 g/mol. The maximum atomic E-state index is 12.1. The zero-order valence-electron chi connectivity index (χ0n) is 31.8. The molecule has 4 heteroatoms. The summed E-state index contributed by atoms with van der Waals surface area (Å²) in [5.41, 5.74) is 7.86. The van der Waals surface area contributed by atoms with Crippen LogP contribution in [0.4, 0.5) is 0 Å². The van der Waals surface area contributed by atoms with E-state index in [2.05, 4.69) is 119 Å². The van der Waals surface area contributed by atoms with Crippen LogP contribution in [0, 0.1) is 23.2 Å². The van der Waals surface area contributed by atoms with Gasteiger partial charge in [0, 0.05) is 12.8 Å². The standard InChI is InChI=1S/C44H62O4/c1-41(2,3)33-17-25-13-27-19-34(42(4,5)6)21-29(38(27)46)15-31-23-36(44(10,11)12)24-32(40(31)48)16-30-22-35(43(7,8)9)20-28(39(30)47)14-26(18-33)37(25)45/h17-22,31-32,36,40,45-48H,13-16,23-24H2,1-12H3. The fraction of sp³-hybridized carbons (Fsp3) is 0.591. The van der Waals surface area contributed by atoms with Gasteiger partial charge in [0.1, 0.15) is 17.2 Å². The molecule has 0 heterocycles. The van der Waals surface area contributed by atoms with Crippen molar-refractivity contribution in [2.45, 2.75) is 144 Å². The van der Waals surface area contributed by atoms with Crippen molar-refractivity contribution in [3.05, 3.63) is 86.5 Å². The number of hydrogen-bond donors (Lipinski definition) is 4. The number of phenolic OH excluding ortho intramolecular Hbond substituents is 3. The van der Waals surface area contributed by atoms with Crippen molar-refractivity contribution in [2.75, 3.05) is 0 Å². The predicted molar refractivity (Wildman–Crippen MR) is 199 cm³/mol. The van der Waals surface area contributed by atoms with Crippen LogP contribution in [-0.4, -0.2) is 26.5 Å². The van der Waals surface area contributed by atoms with E-state index in [-0.39, 0.29) is 50.7 Å². The second-order valence-electron chi connectivity index (χ2n) is 19.5. The van der Waals surface area contributed by atoms with Gasteiger partial charge in [-0.25, -0.2) is 0 Å². The summed E-state index contributed by atoms with van der Waals surface area (Å²) in [6, 6.07) is 12.7. The summed E-state index contributed by atoms with van der Waals surface area (Å²) >= 11 is 0. The molecule has 0 aromatic heterocycles. The van der Waals surface area contributed by atoms with E-state index in [1.165, 1.54) is 0 Å². The largest absolute Gasteiger partial charge is 0.507 e. The molecule has 4 N–H and O–H groups in total. The number of phenols is 3. The lowest BCUT2D eigenvalue weighted by Gasteiger charge is -2.45. The molecule has 2 unspecified atom stereocenters. The Kier molecular flexibility index (Phi) is 9.39. The van der Waals surface area contributed by atoms with Gasteiger partial charge in [0.25, 0.3) is 0 Å². The third-order valence-corrected chi connectivity index (χ3v) is 11.5. The summed E-state index contributed by atoms with van der Waals surface area (Å²) in [5.74, 6) is 1.09. The predicted octanol–water partition coefficient (Wildman–Crippen LogP) is 10.0. The Morgan fingerprint density at radius 2 is 0.729 bits per heavy atom. The normalized spacial score (nSPS) is 22.4. The van der Waals surface area contributed by atoms with E-state index in [0.717, 1.165) is 62.9 Å². The molecule has 1 fully saturated rings. The van der Waals surface area contributed by atoms with E-state index >= 15 is 0 Å². The first-order valence-corrected chi connectivity index (χ1v) is 18.2. The molecular formula is C44H62O4. The number of benzene rings is 3. The summed E-state index contributed by atoms with van der Waals surface area (Å²) in [4.78, 5) is 0. The van der Waals surface area contributed by atoms with Gasteiger partial charge in [-0.15, -0.1) is 0 Å². The quantitative estimate of drug-likeness (QED) is 0.195. The summed E-state index contributed by atoms with van der Waals surface area (Å²) in [6.45, 7) is 26.6. The molecule has 48 heavy (non-hydrogen) atoms. The highest BCUT2D eigenvalue weighted by molar-refractivity contribution is 5.55. The maximum Gasteiger partial charge on any atom is 0.122 e. The molecule has 2 aliphatic carbocycles. The maximum absolute atomic E-state index is 12.1. The Bertz CT molecular complexity index is 1560. The fourth-order valence-corrected chi connectivity index (χ4v) is 8.01. The topological polar surface area (TPSA) is 80.9 Å². The van der Waals surface area contributed by atoms with Crippen molar-refractivity contribution in [2.24, 2.45) is 23.2 Å². The van der Waals surface area contributed by atoms with Crippen LogP contribution in [0.3, 0.4) is 0 Å². The average Bonchev–Trinajstić information content (AvgIpc) is 2.93. The second-order valence-corrected chi connectivity index (χ2v) is 19.5. The summed E-state index contributed by atoms with van der Waals surface area (Å²) in [5, 5.41) is 48.0. The molecule has 0 amide bonds. The highest BCUT2D eigenvalue weighted by Gasteiger charge is 2.42. The van der Waals surface area contributed by atoms with Crippen molar-refractivity contribution >= 4 is 0 Å². The fourth-order valence-electron chi connectivity index (χ4n) is 8.01. The minimum Gasteiger partial charge on any atom is -0.507 e. The van der Waals surface area contributed by atoms with E-state index in [9.17, 15) is 20.4 Å². The van der Waals surface area contributed by atoms with Gasteiger partial charge in [-0.05, 0) is 115 Å². The van der Waals surface area contributed by atoms with Crippen LogP contribution >= 0.6 is 0 Å². The van der Waals surface area contributed by atoms with Gasteiger partial charge in [0.05, 0.1) is 6.10 Å². The first kappa shape index (κ1) is 36.3. The van der Waals surface area contributed by atoms with Crippen molar-refractivity contribution in [3.8, 4) is 17.2 Å². The van der Waals surface area contributed by atoms with Crippen molar-refractivity contribution in [1.29, 1.82) is 0 Å². The molecule has 0 aliphatic heterocycles. The minimum atomic E-state index is -0.565. The molecular weight excluding hydrogens is 592 g/mol. The lowest BCUT2D eigenvalue weighted by molar-refractivity contribution is -0.0278. The van der Waals surface area contributed by atoms with E-state index in [1.54, 1.807) is 0 Å². The van der Waals surface area contributed by atoms with Gasteiger partial charge in [0.2, 0.25) is 0 Å². The Labute approximate surface area is 290 Å². The van der Waals surface area contributed by atoms with Gasteiger partial charge >= 0.3 is 0 Å². The van der Waals surface area contributed by atoms with Crippen LogP contribution in [-0.2, 0) is 41.9 Å². The van der Waals surface area contributed by atoms with Gasteiger partial charge in [-0.3, -0.25) is 0 Å². The smallest absolute Gasteiger partial charge is 0.122 e. The first-order valence-electron chi connectivity index (χ1n) is 18.2. The van der Waals surface area contributed by atoms with Crippen LogP contribution in [0.2, 0.25) is 0 Å². The summed E-state index contributed by atoms with van der Waals surface area (Å²) in [7, 11) is 0. The van der Waals surface area contributed by atoms with Crippen LogP contribution in [0.1, 0.15) is 146 Å². The molecule has 2 atom stereocenters. The molecule has 0 radical (unpaired) electrons. The van der Waals surface area contributed by atoms with Gasteiger partial charge in [-0.1, -0.05) is 119 Å². The molecule has 3 aromatic rings. The Balaban J connectivity index is 1.81. The minimum absolute atomic E-state index is 0.0357. The van der Waals surface area contributed by atoms with Gasteiger partial charge < -0.3 is 20.4 Å². The van der Waals surface area contributed by atoms with E-state index in [4.69, 9.17) is 0 Å². The molecule has 262 valence electrons. The highest BCUT2D eigenvalue weighted by atomic mass is 16.3. The number of rotatable bonds is 0. The second kappa shape index (κ2) is 12.4. The van der Waals surface area contributed by atoms with Crippen LogP contribution in [0.25, 0.3) is 0 Å². The number of aliphatic hydroxyl groups excluding tert-OH is 1.